The van der Waals surface area contributed by atoms with Gasteiger partial charge in [-0.3, -0.25) is 9.59 Å². The van der Waals surface area contributed by atoms with Crippen molar-refractivity contribution in [2.45, 2.75) is 20.3 Å². The highest BCUT2D eigenvalue weighted by Crippen LogP contribution is 2.33. The minimum atomic E-state index is -0.950. The first-order valence-electron chi connectivity index (χ1n) is 6.03. The fraction of sp³-hybridized carbons (Fsp3) is 0.357. The molecule has 0 unspecified atom stereocenters. The monoisotopic (exact) mass is 278 g/mol. The number of ketones is 1. The Morgan fingerprint density at radius 3 is 2.55 bits per heavy atom. The summed E-state index contributed by atoms with van der Waals surface area (Å²) in [5.41, 5.74) is -1.17. The van der Waals surface area contributed by atoms with E-state index in [1.165, 1.54) is 0 Å². The van der Waals surface area contributed by atoms with Gasteiger partial charge in [-0.25, -0.2) is 8.78 Å². The van der Waals surface area contributed by atoms with E-state index in [0.717, 1.165) is 11.0 Å². The van der Waals surface area contributed by atoms with Crippen molar-refractivity contribution in [2.24, 2.45) is 5.41 Å². The molecule has 1 heterocycles. The number of amides is 1. The van der Waals surface area contributed by atoms with Crippen LogP contribution in [0.4, 0.5) is 14.5 Å². The molecule has 0 atom stereocenters. The van der Waals surface area contributed by atoms with E-state index < -0.39 is 28.7 Å². The molecule has 1 aromatic carbocycles. The predicted molar refractivity (Wildman–Crippen MR) is 67.1 cm³/mol. The molecule has 0 spiro atoms. The molecule has 0 aliphatic carbocycles. The van der Waals surface area contributed by atoms with E-state index in [-0.39, 0.29) is 24.2 Å². The summed E-state index contributed by atoms with van der Waals surface area (Å²) in [5.74, 6) is -3.66. The van der Waals surface area contributed by atoms with Crippen molar-refractivity contribution in [2.75, 3.05) is 11.4 Å². The lowest BCUT2D eigenvalue weighted by Crippen LogP contribution is -2.33. The van der Waals surface area contributed by atoms with Gasteiger partial charge in [0.1, 0.15) is 5.82 Å². The van der Waals surface area contributed by atoms with Gasteiger partial charge in [-0.15, -0.1) is 0 Å². The highest BCUT2D eigenvalue weighted by Gasteiger charge is 2.39. The third kappa shape index (κ3) is 2.27. The first-order chi connectivity index (χ1) is 9.26. The Bertz CT molecular complexity index is 647. The zero-order chi connectivity index (χ0) is 15.1. The summed E-state index contributed by atoms with van der Waals surface area (Å²) in [7, 11) is 0. The van der Waals surface area contributed by atoms with Crippen LogP contribution in [-0.4, -0.2) is 18.2 Å². The lowest BCUT2D eigenvalue weighted by Gasteiger charge is -2.21. The van der Waals surface area contributed by atoms with Crippen LogP contribution in [0.2, 0.25) is 0 Å². The summed E-state index contributed by atoms with van der Waals surface area (Å²) in [6, 6.07) is 3.55. The molecule has 0 saturated heterocycles. The summed E-state index contributed by atoms with van der Waals surface area (Å²) in [4.78, 5) is 24.5. The number of nitrogens with zero attached hydrogens (tertiary/aromatic N) is 2. The van der Waals surface area contributed by atoms with E-state index >= 15 is 0 Å². The van der Waals surface area contributed by atoms with Crippen LogP contribution in [0.1, 0.15) is 30.6 Å². The number of benzene rings is 1. The molecule has 2 rings (SSSR count). The lowest BCUT2D eigenvalue weighted by atomic mass is 9.91. The van der Waals surface area contributed by atoms with E-state index in [2.05, 4.69) is 6.07 Å². The van der Waals surface area contributed by atoms with Crippen LogP contribution >= 0.6 is 0 Å². The summed E-state index contributed by atoms with van der Waals surface area (Å²) < 4.78 is 26.9. The molecule has 1 aliphatic heterocycles. The molecule has 1 aromatic rings. The largest absolute Gasteiger partial charge is 0.302 e. The van der Waals surface area contributed by atoms with Gasteiger partial charge in [-0.1, -0.05) is 0 Å². The first-order valence-corrected chi connectivity index (χ1v) is 6.03. The number of nitriles is 1. The van der Waals surface area contributed by atoms with Gasteiger partial charge >= 0.3 is 0 Å². The number of fused-ring (bicyclic) bond motifs is 1. The normalized spacial score (nSPS) is 14.4. The average molecular weight is 278 g/mol. The molecular formula is C14H12F2N2O2. The van der Waals surface area contributed by atoms with Crippen molar-refractivity contribution in [3.05, 3.63) is 29.3 Å². The number of rotatable bonds is 3. The van der Waals surface area contributed by atoms with Crippen molar-refractivity contribution in [1.29, 1.82) is 5.26 Å². The van der Waals surface area contributed by atoms with Crippen LogP contribution in [0.5, 0.6) is 0 Å². The minimum Gasteiger partial charge on any atom is -0.302 e. The highest BCUT2D eigenvalue weighted by atomic mass is 19.1. The number of Topliss-reactive ketones (excluding diaryl/α,β-unsaturated/α-hetero) is 1. The smallest absolute Gasteiger partial charge is 0.299 e. The molecule has 20 heavy (non-hydrogen) atoms. The van der Waals surface area contributed by atoms with Crippen LogP contribution in [0.15, 0.2) is 12.1 Å². The van der Waals surface area contributed by atoms with Gasteiger partial charge in [0, 0.05) is 12.6 Å². The van der Waals surface area contributed by atoms with Gasteiger partial charge in [0.25, 0.3) is 11.7 Å². The van der Waals surface area contributed by atoms with Crippen molar-refractivity contribution < 1.29 is 18.4 Å². The minimum absolute atomic E-state index is 0.0285. The molecular weight excluding hydrogens is 266 g/mol. The number of anilines is 1. The van der Waals surface area contributed by atoms with Crippen LogP contribution in [0.3, 0.4) is 0 Å². The van der Waals surface area contributed by atoms with Crippen molar-refractivity contribution in [1.82, 2.24) is 0 Å². The van der Waals surface area contributed by atoms with E-state index in [9.17, 15) is 18.4 Å². The number of carbonyl (C=O) groups excluding carboxylic acids is 2. The number of hydrogen-bond acceptors (Lipinski definition) is 3. The lowest BCUT2D eigenvalue weighted by molar-refractivity contribution is -0.114. The Hall–Kier alpha value is -2.29. The molecule has 0 saturated carbocycles. The van der Waals surface area contributed by atoms with E-state index in [4.69, 9.17) is 5.26 Å². The van der Waals surface area contributed by atoms with Crippen molar-refractivity contribution in [3.8, 4) is 6.07 Å². The van der Waals surface area contributed by atoms with E-state index in [0.29, 0.717) is 6.07 Å². The Balaban J connectivity index is 2.37. The molecule has 0 aromatic heterocycles. The quantitative estimate of drug-likeness (QED) is 0.798. The average Bonchev–Trinajstić information content (AvgIpc) is 2.61. The maximum absolute atomic E-state index is 13.8. The predicted octanol–water partition coefficient (Wildman–Crippen LogP) is 2.43. The SMILES string of the molecule is CC(C)(C#N)CCN1C(=O)C(=O)c2cc(F)cc(F)c21. The maximum Gasteiger partial charge on any atom is 0.299 e. The van der Waals surface area contributed by atoms with Gasteiger partial charge in [0.2, 0.25) is 0 Å². The van der Waals surface area contributed by atoms with Crippen LogP contribution in [-0.2, 0) is 4.79 Å². The number of hydrogen-bond donors (Lipinski definition) is 0. The molecule has 1 amide bonds. The second-order valence-corrected chi connectivity index (χ2v) is 5.32. The molecule has 6 heteroatoms. The third-order valence-electron chi connectivity index (χ3n) is 3.25. The van der Waals surface area contributed by atoms with Gasteiger partial charge in [0.05, 0.1) is 22.7 Å². The molecule has 0 fully saturated rings. The van der Waals surface area contributed by atoms with Crippen LogP contribution < -0.4 is 4.90 Å². The van der Waals surface area contributed by atoms with Gasteiger partial charge in [-0.05, 0) is 26.3 Å². The molecule has 4 nitrogen and oxygen atoms in total. The van der Waals surface area contributed by atoms with Gasteiger partial charge in [0.15, 0.2) is 5.82 Å². The molecule has 0 bridgehead atoms. The van der Waals surface area contributed by atoms with E-state index in [1.807, 2.05) is 0 Å². The van der Waals surface area contributed by atoms with Crippen molar-refractivity contribution in [3.63, 3.8) is 0 Å². The Kier molecular flexibility index (Phi) is 3.30. The standard InChI is InChI=1S/C14H12F2N2O2/c1-14(2,7-17)3-4-18-11-9(12(19)13(18)20)5-8(15)6-10(11)16/h5-6H,3-4H2,1-2H3. The topological polar surface area (TPSA) is 61.2 Å². The van der Waals surface area contributed by atoms with Crippen LogP contribution in [0.25, 0.3) is 0 Å². The second-order valence-electron chi connectivity index (χ2n) is 5.32. The van der Waals surface area contributed by atoms with Crippen LogP contribution in [0, 0.1) is 28.4 Å². The Morgan fingerprint density at radius 1 is 1.30 bits per heavy atom. The summed E-state index contributed by atoms with van der Waals surface area (Å²) in [5, 5.41) is 8.93. The fourth-order valence-electron chi connectivity index (χ4n) is 2.01. The Labute approximate surface area is 114 Å². The molecule has 1 aliphatic rings. The summed E-state index contributed by atoms with van der Waals surface area (Å²) >= 11 is 0. The summed E-state index contributed by atoms with van der Waals surface area (Å²) in [6.45, 7) is 3.38. The third-order valence-corrected chi connectivity index (χ3v) is 3.25. The maximum atomic E-state index is 13.8. The number of halogens is 2. The summed E-state index contributed by atoms with van der Waals surface area (Å²) in [6.07, 6.45) is 0.277. The zero-order valence-corrected chi connectivity index (χ0v) is 11.0. The zero-order valence-electron chi connectivity index (χ0n) is 11.0. The molecule has 0 N–H and O–H groups in total. The Morgan fingerprint density at radius 2 is 1.95 bits per heavy atom. The molecule has 0 radical (unpaired) electrons. The van der Waals surface area contributed by atoms with E-state index in [1.54, 1.807) is 13.8 Å². The van der Waals surface area contributed by atoms with Crippen molar-refractivity contribution >= 4 is 17.4 Å². The first kappa shape index (κ1) is 14.1. The highest BCUT2D eigenvalue weighted by molar-refractivity contribution is 6.52. The fourth-order valence-corrected chi connectivity index (χ4v) is 2.01. The van der Waals surface area contributed by atoms with Gasteiger partial charge in [-0.2, -0.15) is 5.26 Å². The van der Waals surface area contributed by atoms with Gasteiger partial charge < -0.3 is 4.90 Å². The number of carbonyl (C=O) groups is 2. The second kappa shape index (κ2) is 4.67. The molecule has 104 valence electrons.